The highest BCUT2D eigenvalue weighted by atomic mass is 35.5. The third-order valence-corrected chi connectivity index (χ3v) is 4.82. The fraction of sp³-hybridized carbons (Fsp3) is 0.120. The number of rotatable bonds is 7. The minimum absolute atomic E-state index is 0.163. The van der Waals surface area contributed by atoms with Crippen LogP contribution < -0.4 is 18.9 Å². The van der Waals surface area contributed by atoms with Crippen molar-refractivity contribution in [2.24, 2.45) is 0 Å². The van der Waals surface area contributed by atoms with E-state index in [9.17, 15) is 10.1 Å². The van der Waals surface area contributed by atoms with Crippen LogP contribution >= 0.6 is 11.6 Å². The van der Waals surface area contributed by atoms with Gasteiger partial charge < -0.3 is 18.9 Å². The number of allylic oxidation sites excluding steroid dienone is 1. The fourth-order valence-electron chi connectivity index (χ4n) is 3.06. The number of hydrogen-bond acceptors (Lipinski definition) is 6. The van der Waals surface area contributed by atoms with Crippen LogP contribution in [-0.4, -0.2) is 27.3 Å². The van der Waals surface area contributed by atoms with Crippen molar-refractivity contribution < 1.29 is 23.7 Å². The zero-order valence-electron chi connectivity index (χ0n) is 17.7. The highest BCUT2D eigenvalue weighted by Crippen LogP contribution is 2.34. The Labute approximate surface area is 191 Å². The minimum Gasteiger partial charge on any atom is -0.496 e. The van der Waals surface area contributed by atoms with Gasteiger partial charge in [0.1, 0.15) is 17.1 Å². The average Bonchev–Trinajstić information content (AvgIpc) is 2.82. The Kier molecular flexibility index (Phi) is 7.37. The molecule has 0 aliphatic heterocycles. The van der Waals surface area contributed by atoms with Gasteiger partial charge >= 0.3 is 5.97 Å². The van der Waals surface area contributed by atoms with Gasteiger partial charge in [-0.15, -0.1) is 0 Å². The van der Waals surface area contributed by atoms with E-state index in [1.54, 1.807) is 66.7 Å². The molecule has 0 N–H and O–H groups in total. The summed E-state index contributed by atoms with van der Waals surface area (Å²) in [5.74, 6) is 0.534. The van der Waals surface area contributed by atoms with E-state index >= 15 is 0 Å². The Morgan fingerprint density at radius 3 is 2.12 bits per heavy atom. The monoisotopic (exact) mass is 449 g/mol. The van der Waals surface area contributed by atoms with E-state index in [1.807, 2.05) is 0 Å². The molecule has 32 heavy (non-hydrogen) atoms. The van der Waals surface area contributed by atoms with Crippen molar-refractivity contribution in [2.45, 2.75) is 0 Å². The summed E-state index contributed by atoms with van der Waals surface area (Å²) in [5.41, 5.74) is 1.97. The Hall–Kier alpha value is -3.95. The van der Waals surface area contributed by atoms with Crippen LogP contribution in [-0.2, 0) is 0 Å². The molecule has 7 heteroatoms. The number of esters is 1. The average molecular weight is 450 g/mol. The van der Waals surface area contributed by atoms with E-state index in [2.05, 4.69) is 6.07 Å². The second-order valence-electron chi connectivity index (χ2n) is 6.52. The van der Waals surface area contributed by atoms with Crippen molar-refractivity contribution in [3.63, 3.8) is 0 Å². The van der Waals surface area contributed by atoms with Crippen molar-refractivity contribution in [1.82, 2.24) is 0 Å². The van der Waals surface area contributed by atoms with E-state index in [0.29, 0.717) is 39.0 Å². The second-order valence-corrected chi connectivity index (χ2v) is 6.95. The van der Waals surface area contributed by atoms with Crippen molar-refractivity contribution >= 4 is 29.2 Å². The van der Waals surface area contributed by atoms with Gasteiger partial charge in [0.15, 0.2) is 11.5 Å². The molecule has 6 nitrogen and oxygen atoms in total. The second kappa shape index (κ2) is 10.4. The number of methoxy groups -OCH3 is 3. The number of carbonyl (C=O) groups is 1. The molecular weight excluding hydrogens is 430 g/mol. The lowest BCUT2D eigenvalue weighted by Gasteiger charge is -2.14. The zero-order chi connectivity index (χ0) is 23.1. The number of halogens is 1. The van der Waals surface area contributed by atoms with Crippen LogP contribution in [0.3, 0.4) is 0 Å². The van der Waals surface area contributed by atoms with Crippen LogP contribution in [0.25, 0.3) is 11.6 Å². The summed E-state index contributed by atoms with van der Waals surface area (Å²) in [6.07, 6.45) is 1.70. The summed E-state index contributed by atoms with van der Waals surface area (Å²) < 4.78 is 21.5. The molecule has 0 fully saturated rings. The van der Waals surface area contributed by atoms with Crippen LogP contribution in [0.2, 0.25) is 5.02 Å². The molecule has 0 aliphatic rings. The van der Waals surface area contributed by atoms with Gasteiger partial charge in [-0.25, -0.2) is 4.79 Å². The van der Waals surface area contributed by atoms with Crippen LogP contribution in [0.5, 0.6) is 23.0 Å². The van der Waals surface area contributed by atoms with Crippen molar-refractivity contribution in [2.75, 3.05) is 21.3 Å². The molecule has 162 valence electrons. The van der Waals surface area contributed by atoms with Crippen LogP contribution in [0.1, 0.15) is 21.5 Å². The van der Waals surface area contributed by atoms with Crippen molar-refractivity contribution in [1.29, 1.82) is 5.26 Å². The number of nitrogens with zero attached hydrogens (tertiary/aromatic N) is 1. The molecule has 3 aromatic carbocycles. The molecule has 0 aliphatic carbocycles. The van der Waals surface area contributed by atoms with Crippen LogP contribution in [0.15, 0.2) is 60.7 Å². The van der Waals surface area contributed by atoms with E-state index in [1.165, 1.54) is 21.3 Å². The molecule has 3 aromatic rings. The lowest BCUT2D eigenvalue weighted by Crippen LogP contribution is -2.12. The molecule has 0 radical (unpaired) electrons. The topological polar surface area (TPSA) is 77.8 Å². The number of carbonyl (C=O) groups excluding carboxylic acids is 1. The predicted octanol–water partition coefficient (Wildman–Crippen LogP) is 5.65. The summed E-state index contributed by atoms with van der Waals surface area (Å²) in [4.78, 5) is 12.9. The summed E-state index contributed by atoms with van der Waals surface area (Å²) in [6.45, 7) is 0. The zero-order valence-corrected chi connectivity index (χ0v) is 18.5. The first-order valence-corrected chi connectivity index (χ1v) is 9.87. The van der Waals surface area contributed by atoms with Gasteiger partial charge in [0.25, 0.3) is 0 Å². The van der Waals surface area contributed by atoms with Gasteiger partial charge in [-0.05, 0) is 53.6 Å². The third kappa shape index (κ3) is 5.02. The summed E-state index contributed by atoms with van der Waals surface area (Å²) in [7, 11) is 4.38. The van der Waals surface area contributed by atoms with Gasteiger partial charge in [0.05, 0.1) is 33.0 Å². The molecule has 0 unspecified atom stereocenters. The van der Waals surface area contributed by atoms with Gasteiger partial charge in [0.2, 0.25) is 0 Å². The predicted molar refractivity (Wildman–Crippen MR) is 122 cm³/mol. The number of ether oxygens (including phenoxy) is 4. The molecule has 0 saturated heterocycles. The standard InChI is InChI=1S/C25H20ClNO5/c1-29-21-8-5-9-22(30-2)24(21)25(28)32-20-11-10-16(13-23(20)31-3)12-18(15-27)17-6-4-7-19(26)14-17/h4-14H,1-3H3/b18-12-. The van der Waals surface area contributed by atoms with E-state index in [4.69, 9.17) is 30.5 Å². The quantitative estimate of drug-likeness (QED) is 0.201. The van der Waals surface area contributed by atoms with Gasteiger partial charge in [-0.1, -0.05) is 35.9 Å². The molecule has 0 amide bonds. The number of nitriles is 1. The van der Waals surface area contributed by atoms with Crippen molar-refractivity contribution in [3.8, 4) is 29.1 Å². The maximum atomic E-state index is 12.9. The van der Waals surface area contributed by atoms with E-state index in [-0.39, 0.29) is 11.3 Å². The molecule has 0 bridgehead atoms. The normalized spacial score (nSPS) is 10.8. The Bertz CT molecular complexity index is 1190. The first-order chi connectivity index (χ1) is 15.5. The van der Waals surface area contributed by atoms with Crippen LogP contribution in [0.4, 0.5) is 0 Å². The van der Waals surface area contributed by atoms with Crippen LogP contribution in [0, 0.1) is 11.3 Å². The highest BCUT2D eigenvalue weighted by Gasteiger charge is 2.22. The number of benzene rings is 3. The Morgan fingerprint density at radius 1 is 0.875 bits per heavy atom. The molecule has 0 saturated carbocycles. The van der Waals surface area contributed by atoms with Crippen molar-refractivity contribution in [3.05, 3.63) is 82.4 Å². The maximum Gasteiger partial charge on any atom is 0.351 e. The lowest BCUT2D eigenvalue weighted by molar-refractivity contribution is 0.0722. The fourth-order valence-corrected chi connectivity index (χ4v) is 3.25. The molecular formula is C25H20ClNO5. The number of hydrogen-bond donors (Lipinski definition) is 0. The first kappa shape index (κ1) is 22.7. The lowest BCUT2D eigenvalue weighted by atomic mass is 10.0. The summed E-state index contributed by atoms with van der Waals surface area (Å²) >= 11 is 6.04. The molecule has 0 spiro atoms. The maximum absolute atomic E-state index is 12.9. The summed E-state index contributed by atoms with van der Waals surface area (Å²) in [5, 5.41) is 10.1. The van der Waals surface area contributed by atoms with E-state index < -0.39 is 5.97 Å². The molecule has 3 rings (SSSR count). The first-order valence-electron chi connectivity index (χ1n) is 9.49. The largest absolute Gasteiger partial charge is 0.496 e. The van der Waals surface area contributed by atoms with Gasteiger partial charge in [-0.3, -0.25) is 0 Å². The molecule has 0 atom stereocenters. The van der Waals surface area contributed by atoms with E-state index in [0.717, 1.165) is 0 Å². The smallest absolute Gasteiger partial charge is 0.351 e. The van der Waals surface area contributed by atoms with Gasteiger partial charge in [-0.2, -0.15) is 5.26 Å². The Balaban J connectivity index is 1.93. The highest BCUT2D eigenvalue weighted by molar-refractivity contribution is 6.30. The third-order valence-electron chi connectivity index (χ3n) is 4.59. The molecule has 0 heterocycles. The SMILES string of the molecule is COc1cc(/C=C(/C#N)c2cccc(Cl)c2)ccc1OC(=O)c1c(OC)cccc1OC. The molecule has 0 aromatic heterocycles. The van der Waals surface area contributed by atoms with Gasteiger partial charge in [0, 0.05) is 5.02 Å². The Morgan fingerprint density at radius 2 is 1.53 bits per heavy atom. The summed E-state index contributed by atoms with van der Waals surface area (Å²) in [6, 6.07) is 19.2. The minimum atomic E-state index is -0.655.